The summed E-state index contributed by atoms with van der Waals surface area (Å²) in [6, 6.07) is 6.17. The number of benzene rings is 1. The summed E-state index contributed by atoms with van der Waals surface area (Å²) >= 11 is 12.9. The van der Waals surface area contributed by atoms with Crippen molar-refractivity contribution in [3.05, 3.63) is 23.8 Å². The summed E-state index contributed by atoms with van der Waals surface area (Å²) in [6.45, 7) is 6.57. The Morgan fingerprint density at radius 3 is 2.36 bits per heavy atom. The van der Waals surface area contributed by atoms with Crippen LogP contribution >= 0.6 is 23.2 Å². The average Bonchev–Trinajstić information content (AvgIpc) is 2.84. The lowest BCUT2D eigenvalue weighted by Gasteiger charge is -2.24. The van der Waals surface area contributed by atoms with Gasteiger partial charge in [-0.3, -0.25) is 0 Å². The minimum Gasteiger partial charge on any atom is -0.454 e. The fraction of sp³-hybridized carbons (Fsp3) is 0.667. The van der Waals surface area contributed by atoms with Gasteiger partial charge in [-0.1, -0.05) is 6.07 Å². The molecule has 0 radical (unpaired) electrons. The molecule has 1 atom stereocenters. The van der Waals surface area contributed by atoms with Gasteiger partial charge in [0.15, 0.2) is 11.5 Å². The first-order valence-corrected chi connectivity index (χ1v) is 8.77. The summed E-state index contributed by atoms with van der Waals surface area (Å²) in [4.78, 5) is -0.266. The molecule has 22 heavy (non-hydrogen) atoms. The molecule has 0 saturated carbocycles. The Bertz CT molecular complexity index is 492. The van der Waals surface area contributed by atoms with Gasteiger partial charge >= 0.3 is 0 Å². The Labute approximate surface area is 144 Å². The molecule has 2 nitrogen and oxygen atoms in total. The zero-order valence-electron chi connectivity index (χ0n) is 13.8. The van der Waals surface area contributed by atoms with E-state index in [1.165, 1.54) is 5.56 Å². The van der Waals surface area contributed by atoms with E-state index >= 15 is 0 Å². The summed E-state index contributed by atoms with van der Waals surface area (Å²) in [5, 5.41) is 0. The van der Waals surface area contributed by atoms with Gasteiger partial charge in [0.2, 0.25) is 6.79 Å². The SMILES string of the molecule is CC(C)(Cl)CCCC(C)(Cl)CCCc1ccc2c(c1)OCO2. The highest BCUT2D eigenvalue weighted by Gasteiger charge is 2.22. The first-order chi connectivity index (χ1) is 10.3. The molecule has 1 aromatic rings. The van der Waals surface area contributed by atoms with Crippen molar-refractivity contribution in [2.75, 3.05) is 6.79 Å². The van der Waals surface area contributed by atoms with E-state index in [4.69, 9.17) is 32.7 Å². The molecule has 0 bridgehead atoms. The highest BCUT2D eigenvalue weighted by Crippen LogP contribution is 2.34. The number of hydrogen-bond acceptors (Lipinski definition) is 2. The van der Waals surface area contributed by atoms with E-state index in [-0.39, 0.29) is 9.75 Å². The number of fused-ring (bicyclic) bond motifs is 1. The van der Waals surface area contributed by atoms with Crippen molar-refractivity contribution < 1.29 is 9.47 Å². The lowest BCUT2D eigenvalue weighted by molar-refractivity contribution is 0.174. The zero-order chi connectivity index (χ0) is 16.2. The standard InChI is InChI=1S/C18H26Cl2O2/c1-17(2,19)9-5-11-18(3,20)10-4-6-14-7-8-15-16(12-14)22-13-21-15/h7-8,12H,4-6,9-11,13H2,1-3H3. The fourth-order valence-corrected chi connectivity index (χ4v) is 3.16. The highest BCUT2D eigenvalue weighted by molar-refractivity contribution is 6.24. The largest absolute Gasteiger partial charge is 0.454 e. The normalized spacial score (nSPS) is 16.6. The first-order valence-electron chi connectivity index (χ1n) is 8.02. The van der Waals surface area contributed by atoms with E-state index in [0.717, 1.165) is 50.0 Å². The van der Waals surface area contributed by atoms with Gasteiger partial charge in [-0.05, 0) is 77.0 Å². The predicted octanol–water partition coefficient (Wildman–Crippen LogP) is 5.92. The smallest absolute Gasteiger partial charge is 0.231 e. The summed E-state index contributed by atoms with van der Waals surface area (Å²) in [5.41, 5.74) is 1.28. The number of ether oxygens (including phenoxy) is 2. The van der Waals surface area contributed by atoms with Gasteiger partial charge in [0.05, 0.1) is 0 Å². The van der Waals surface area contributed by atoms with Gasteiger partial charge in [-0.2, -0.15) is 0 Å². The van der Waals surface area contributed by atoms with Crippen molar-refractivity contribution in [1.29, 1.82) is 0 Å². The van der Waals surface area contributed by atoms with Crippen molar-refractivity contribution >= 4 is 23.2 Å². The van der Waals surface area contributed by atoms with Gasteiger partial charge in [0.1, 0.15) is 0 Å². The monoisotopic (exact) mass is 344 g/mol. The maximum absolute atomic E-state index is 6.64. The molecular formula is C18H26Cl2O2. The Kier molecular flexibility index (Phi) is 5.90. The van der Waals surface area contributed by atoms with E-state index < -0.39 is 0 Å². The number of alkyl halides is 2. The van der Waals surface area contributed by atoms with Crippen LogP contribution in [-0.2, 0) is 6.42 Å². The topological polar surface area (TPSA) is 18.5 Å². The van der Waals surface area contributed by atoms with Crippen LogP contribution in [0.15, 0.2) is 18.2 Å². The second kappa shape index (κ2) is 7.31. The van der Waals surface area contributed by atoms with Crippen LogP contribution in [0.1, 0.15) is 58.4 Å². The Morgan fingerprint density at radius 1 is 0.955 bits per heavy atom. The second-order valence-electron chi connectivity index (χ2n) is 7.03. The Balaban J connectivity index is 1.73. The quantitative estimate of drug-likeness (QED) is 0.544. The van der Waals surface area contributed by atoms with Crippen LogP contribution in [0.4, 0.5) is 0 Å². The van der Waals surface area contributed by atoms with Crippen molar-refractivity contribution in [2.45, 2.75) is 69.0 Å². The molecule has 0 aliphatic carbocycles. The molecule has 4 heteroatoms. The van der Waals surface area contributed by atoms with Gasteiger partial charge in [-0.25, -0.2) is 0 Å². The zero-order valence-corrected chi connectivity index (χ0v) is 15.3. The van der Waals surface area contributed by atoms with Crippen molar-refractivity contribution in [3.63, 3.8) is 0 Å². The van der Waals surface area contributed by atoms with Crippen molar-refractivity contribution in [3.8, 4) is 11.5 Å². The third kappa shape index (κ3) is 5.89. The Morgan fingerprint density at radius 2 is 1.64 bits per heavy atom. The lowest BCUT2D eigenvalue weighted by atomic mass is 9.93. The lowest BCUT2D eigenvalue weighted by Crippen LogP contribution is -2.18. The number of aryl methyl sites for hydroxylation is 1. The molecule has 0 fully saturated rings. The molecule has 1 aromatic carbocycles. The molecule has 1 aliphatic heterocycles. The van der Waals surface area contributed by atoms with E-state index in [1.54, 1.807) is 0 Å². The van der Waals surface area contributed by atoms with Crippen LogP contribution in [0.2, 0.25) is 0 Å². The highest BCUT2D eigenvalue weighted by atomic mass is 35.5. The third-order valence-electron chi connectivity index (χ3n) is 4.07. The van der Waals surface area contributed by atoms with E-state index in [9.17, 15) is 0 Å². The maximum atomic E-state index is 6.64. The maximum Gasteiger partial charge on any atom is 0.231 e. The minimum atomic E-state index is -0.140. The van der Waals surface area contributed by atoms with Gasteiger partial charge < -0.3 is 9.47 Å². The third-order valence-corrected chi connectivity index (χ3v) is 4.64. The minimum absolute atomic E-state index is 0.126. The first kappa shape index (κ1) is 17.7. The number of hydrogen-bond donors (Lipinski definition) is 0. The molecule has 124 valence electrons. The summed E-state index contributed by atoms with van der Waals surface area (Å²) in [5.74, 6) is 1.70. The molecule has 1 heterocycles. The summed E-state index contributed by atoms with van der Waals surface area (Å²) < 4.78 is 10.7. The molecule has 2 rings (SSSR count). The number of halogens is 2. The molecule has 0 saturated heterocycles. The fourth-order valence-electron chi connectivity index (χ4n) is 2.76. The van der Waals surface area contributed by atoms with Gasteiger partial charge in [0, 0.05) is 9.75 Å². The second-order valence-corrected chi connectivity index (χ2v) is 8.96. The van der Waals surface area contributed by atoms with Crippen molar-refractivity contribution in [1.82, 2.24) is 0 Å². The van der Waals surface area contributed by atoms with Crippen LogP contribution in [0.5, 0.6) is 11.5 Å². The summed E-state index contributed by atoms with van der Waals surface area (Å²) in [6.07, 6.45) is 6.17. The van der Waals surface area contributed by atoms with E-state index in [2.05, 4.69) is 32.9 Å². The van der Waals surface area contributed by atoms with E-state index in [0.29, 0.717) is 6.79 Å². The average molecular weight is 345 g/mol. The molecular weight excluding hydrogens is 319 g/mol. The van der Waals surface area contributed by atoms with Gasteiger partial charge in [-0.15, -0.1) is 23.2 Å². The van der Waals surface area contributed by atoms with Crippen LogP contribution < -0.4 is 9.47 Å². The summed E-state index contributed by atoms with van der Waals surface area (Å²) in [7, 11) is 0. The molecule has 1 aliphatic rings. The number of rotatable bonds is 8. The Hall–Kier alpha value is -0.600. The van der Waals surface area contributed by atoms with Crippen LogP contribution in [-0.4, -0.2) is 16.5 Å². The van der Waals surface area contributed by atoms with Crippen LogP contribution in [0, 0.1) is 0 Å². The van der Waals surface area contributed by atoms with Crippen LogP contribution in [0.25, 0.3) is 0 Å². The molecule has 0 spiro atoms. The van der Waals surface area contributed by atoms with Gasteiger partial charge in [0.25, 0.3) is 0 Å². The molecule has 0 amide bonds. The molecule has 0 aromatic heterocycles. The van der Waals surface area contributed by atoms with E-state index in [1.807, 2.05) is 6.07 Å². The molecule has 0 N–H and O–H groups in total. The van der Waals surface area contributed by atoms with Crippen LogP contribution in [0.3, 0.4) is 0 Å². The molecule has 1 unspecified atom stereocenters. The predicted molar refractivity (Wildman–Crippen MR) is 93.5 cm³/mol. The van der Waals surface area contributed by atoms with Crippen molar-refractivity contribution in [2.24, 2.45) is 0 Å².